The molecule has 5 rings (SSSR count). The molecule has 1 saturated carbocycles. The second-order valence-corrected chi connectivity index (χ2v) is 13.6. The van der Waals surface area contributed by atoms with E-state index < -0.39 is 53.2 Å². The molecular formula is C30H35Cl2F2N3O4. The summed E-state index contributed by atoms with van der Waals surface area (Å²) in [7, 11) is 0. The Morgan fingerprint density at radius 1 is 1.07 bits per heavy atom. The van der Waals surface area contributed by atoms with Crippen molar-refractivity contribution < 1.29 is 28.6 Å². The largest absolute Gasteiger partial charge is 0.390 e. The van der Waals surface area contributed by atoms with Gasteiger partial charge in [0.05, 0.1) is 28.3 Å². The van der Waals surface area contributed by atoms with Crippen molar-refractivity contribution in [3.63, 3.8) is 0 Å². The molecule has 11 heteroatoms. The van der Waals surface area contributed by atoms with Crippen LogP contribution in [-0.4, -0.2) is 52.9 Å². The minimum Gasteiger partial charge on any atom is -0.390 e. The molecule has 5 N–H and O–H groups in total. The van der Waals surface area contributed by atoms with Gasteiger partial charge in [-0.25, -0.2) is 8.78 Å². The highest BCUT2D eigenvalue weighted by Crippen LogP contribution is 2.57. The summed E-state index contributed by atoms with van der Waals surface area (Å²) < 4.78 is 29.3. The van der Waals surface area contributed by atoms with E-state index in [1.165, 1.54) is 30.3 Å². The molecule has 2 fully saturated rings. The van der Waals surface area contributed by atoms with Crippen LogP contribution in [0, 0.1) is 23.0 Å². The SMILES string of the molecule is CC(C)(C)C[C@H]1N[C@@H](C(=O)NCCC2C[C@H](O)[C@@H](O)C2)[C@H](c2ccc(F)c(Cl)c2)[C@@]12C(=O)Nc1cc(Cl)c(F)cc12. The van der Waals surface area contributed by atoms with Crippen molar-refractivity contribution in [2.45, 2.75) is 82.1 Å². The topological polar surface area (TPSA) is 111 Å². The predicted octanol–water partition coefficient (Wildman–Crippen LogP) is 4.66. The first kappa shape index (κ1) is 30.2. The van der Waals surface area contributed by atoms with Gasteiger partial charge in [-0.1, -0.05) is 50.0 Å². The first-order valence-corrected chi connectivity index (χ1v) is 14.6. The van der Waals surface area contributed by atoms with Crippen LogP contribution >= 0.6 is 23.2 Å². The number of nitrogens with one attached hydrogen (secondary N) is 3. The van der Waals surface area contributed by atoms with Crippen LogP contribution in [0.3, 0.4) is 0 Å². The van der Waals surface area contributed by atoms with Gasteiger partial charge in [0.15, 0.2) is 0 Å². The molecule has 6 atom stereocenters. The third kappa shape index (κ3) is 5.47. The molecule has 41 heavy (non-hydrogen) atoms. The summed E-state index contributed by atoms with van der Waals surface area (Å²) in [5.74, 6) is -2.93. The van der Waals surface area contributed by atoms with Gasteiger partial charge in [0.1, 0.15) is 17.0 Å². The normalized spacial score (nSPS) is 29.7. The summed E-state index contributed by atoms with van der Waals surface area (Å²) in [4.78, 5) is 28.0. The van der Waals surface area contributed by atoms with Crippen LogP contribution in [-0.2, 0) is 15.0 Å². The lowest BCUT2D eigenvalue weighted by molar-refractivity contribution is -0.123. The number of benzene rings is 2. The Labute approximate surface area is 248 Å². The van der Waals surface area contributed by atoms with Gasteiger partial charge in [0, 0.05) is 24.2 Å². The number of aliphatic hydroxyl groups excluding tert-OH is 2. The van der Waals surface area contributed by atoms with Crippen LogP contribution in [0.1, 0.15) is 63.5 Å². The van der Waals surface area contributed by atoms with Gasteiger partial charge >= 0.3 is 0 Å². The number of carbonyl (C=O) groups excluding carboxylic acids is 2. The minimum absolute atomic E-state index is 0.0590. The Morgan fingerprint density at radius 2 is 1.73 bits per heavy atom. The number of carbonyl (C=O) groups is 2. The zero-order valence-corrected chi connectivity index (χ0v) is 24.6. The van der Waals surface area contributed by atoms with E-state index >= 15 is 0 Å². The van der Waals surface area contributed by atoms with E-state index in [1.807, 2.05) is 20.8 Å². The highest BCUT2D eigenvalue weighted by atomic mass is 35.5. The maximum Gasteiger partial charge on any atom is 0.237 e. The number of amides is 2. The molecular weight excluding hydrogens is 575 g/mol. The molecule has 222 valence electrons. The summed E-state index contributed by atoms with van der Waals surface area (Å²) in [6.07, 6.45) is 0.384. The van der Waals surface area contributed by atoms with Gasteiger partial charge in [-0.15, -0.1) is 0 Å². The van der Waals surface area contributed by atoms with Gasteiger partial charge in [0.2, 0.25) is 11.8 Å². The van der Waals surface area contributed by atoms with Crippen LogP contribution in [0.15, 0.2) is 30.3 Å². The molecule has 2 aliphatic heterocycles. The van der Waals surface area contributed by atoms with Crippen molar-refractivity contribution in [1.82, 2.24) is 10.6 Å². The summed E-state index contributed by atoms with van der Waals surface area (Å²) in [5, 5.41) is 28.7. The fraction of sp³-hybridized carbons (Fsp3) is 0.533. The Balaban J connectivity index is 1.58. The minimum atomic E-state index is -1.43. The number of anilines is 1. The summed E-state index contributed by atoms with van der Waals surface area (Å²) in [6.45, 7) is 6.34. The number of halogens is 4. The second-order valence-electron chi connectivity index (χ2n) is 12.8. The average molecular weight is 611 g/mol. The number of hydrogen-bond acceptors (Lipinski definition) is 5. The molecule has 1 saturated heterocycles. The van der Waals surface area contributed by atoms with Crippen molar-refractivity contribution in [2.75, 3.05) is 11.9 Å². The van der Waals surface area contributed by atoms with E-state index in [0.29, 0.717) is 49.0 Å². The Morgan fingerprint density at radius 3 is 2.37 bits per heavy atom. The molecule has 3 aliphatic rings. The Hall–Kier alpha value is -2.30. The number of rotatable bonds is 6. The summed E-state index contributed by atoms with van der Waals surface area (Å²) in [6, 6.07) is 5.21. The maximum atomic E-state index is 15.0. The monoisotopic (exact) mass is 609 g/mol. The zero-order valence-electron chi connectivity index (χ0n) is 23.1. The highest BCUT2D eigenvalue weighted by molar-refractivity contribution is 6.31. The number of hydrogen-bond donors (Lipinski definition) is 5. The fourth-order valence-electron chi connectivity index (χ4n) is 6.98. The second kappa shape index (κ2) is 11.1. The van der Waals surface area contributed by atoms with E-state index in [2.05, 4.69) is 16.0 Å². The highest BCUT2D eigenvalue weighted by Gasteiger charge is 2.66. The molecule has 2 aromatic rings. The third-order valence-corrected chi connectivity index (χ3v) is 9.31. The molecule has 0 radical (unpaired) electrons. The van der Waals surface area contributed by atoms with Crippen molar-refractivity contribution in [2.24, 2.45) is 11.3 Å². The van der Waals surface area contributed by atoms with Crippen molar-refractivity contribution >= 4 is 40.7 Å². The lowest BCUT2D eigenvalue weighted by Crippen LogP contribution is -2.49. The maximum absolute atomic E-state index is 15.0. The smallest absolute Gasteiger partial charge is 0.237 e. The van der Waals surface area contributed by atoms with Gasteiger partial charge < -0.3 is 26.2 Å². The molecule has 1 aliphatic carbocycles. The summed E-state index contributed by atoms with van der Waals surface area (Å²) in [5.41, 5.74) is -0.530. The Bertz CT molecular complexity index is 1360. The van der Waals surface area contributed by atoms with Crippen LogP contribution in [0.25, 0.3) is 0 Å². The zero-order chi connectivity index (χ0) is 29.9. The van der Waals surface area contributed by atoms with Crippen LogP contribution < -0.4 is 16.0 Å². The van der Waals surface area contributed by atoms with E-state index in [4.69, 9.17) is 23.2 Å². The van der Waals surface area contributed by atoms with Crippen LogP contribution in [0.5, 0.6) is 0 Å². The fourth-order valence-corrected chi connectivity index (χ4v) is 7.33. The van der Waals surface area contributed by atoms with Crippen molar-refractivity contribution in [1.29, 1.82) is 0 Å². The number of fused-ring (bicyclic) bond motifs is 2. The van der Waals surface area contributed by atoms with E-state index in [0.717, 1.165) is 0 Å². The van der Waals surface area contributed by atoms with Crippen molar-refractivity contribution in [3.05, 3.63) is 63.1 Å². The summed E-state index contributed by atoms with van der Waals surface area (Å²) >= 11 is 12.3. The molecule has 1 spiro atoms. The van der Waals surface area contributed by atoms with Gasteiger partial charge in [-0.2, -0.15) is 0 Å². The van der Waals surface area contributed by atoms with Gasteiger partial charge in [0.25, 0.3) is 0 Å². The molecule has 7 nitrogen and oxygen atoms in total. The van der Waals surface area contributed by atoms with E-state index in [1.54, 1.807) is 0 Å². The Kier molecular flexibility index (Phi) is 8.15. The number of aliphatic hydroxyl groups is 2. The first-order valence-electron chi connectivity index (χ1n) is 13.9. The average Bonchev–Trinajstić information content (AvgIpc) is 3.47. The molecule has 2 amide bonds. The standard InChI is InChI=1S/C30H35Cl2F2N3O4/c1-29(2,3)13-24-30(16-11-20(34)18(32)12-21(16)36-28(30)41)25(15-4-5-19(33)17(31)10-15)26(37-24)27(40)35-7-6-14-8-22(38)23(39)9-14/h4-5,10-12,14,22-26,37-39H,6-9,13H2,1-3H3,(H,35,40)(H,36,41)/t22-,23-,24+,25-,26+,30-/m0/s1. The van der Waals surface area contributed by atoms with Crippen LogP contribution in [0.4, 0.5) is 14.5 Å². The van der Waals surface area contributed by atoms with Gasteiger partial charge in [-0.05, 0) is 72.4 Å². The quantitative estimate of drug-likeness (QED) is 0.327. The van der Waals surface area contributed by atoms with Gasteiger partial charge in [-0.3, -0.25) is 9.59 Å². The first-order chi connectivity index (χ1) is 19.2. The lowest BCUT2D eigenvalue weighted by atomic mass is 9.62. The molecule has 0 unspecified atom stereocenters. The van der Waals surface area contributed by atoms with E-state index in [9.17, 15) is 28.6 Å². The van der Waals surface area contributed by atoms with Crippen LogP contribution in [0.2, 0.25) is 10.0 Å². The predicted molar refractivity (Wildman–Crippen MR) is 153 cm³/mol. The molecule has 2 aromatic carbocycles. The third-order valence-electron chi connectivity index (χ3n) is 8.73. The molecule has 2 heterocycles. The van der Waals surface area contributed by atoms with Crippen molar-refractivity contribution in [3.8, 4) is 0 Å². The van der Waals surface area contributed by atoms with E-state index in [-0.39, 0.29) is 27.3 Å². The lowest BCUT2D eigenvalue weighted by Gasteiger charge is -2.37. The molecule has 0 bridgehead atoms. The molecule has 0 aromatic heterocycles.